The fraction of sp³-hybridized carbons (Fsp3) is 0.263. The van der Waals surface area contributed by atoms with Crippen molar-refractivity contribution >= 4 is 11.9 Å². The summed E-state index contributed by atoms with van der Waals surface area (Å²) in [5.41, 5.74) is 2.61. The van der Waals surface area contributed by atoms with Gasteiger partial charge in [-0.05, 0) is 36.1 Å². The molecule has 2 aromatic rings. The highest BCUT2D eigenvalue weighted by atomic mass is 16.5. The number of methoxy groups -OCH3 is 1. The number of benzene rings is 2. The van der Waals surface area contributed by atoms with Gasteiger partial charge in [-0.25, -0.2) is 9.59 Å². The Morgan fingerprint density at radius 2 is 1.78 bits per heavy atom. The van der Waals surface area contributed by atoms with Crippen LogP contribution in [0, 0.1) is 0 Å². The van der Waals surface area contributed by atoms with E-state index in [0.29, 0.717) is 5.56 Å². The number of aryl methyl sites for hydroxylation is 1. The van der Waals surface area contributed by atoms with Gasteiger partial charge in [0.2, 0.25) is 0 Å². The SMILES string of the molecule is CCCCc1cccc(-c2c(C(=O)O)cccc2C(=O)OC)c1. The van der Waals surface area contributed by atoms with Crippen molar-refractivity contribution in [3.63, 3.8) is 0 Å². The number of unbranched alkanes of at least 4 members (excludes halogenated alkanes) is 1. The maximum Gasteiger partial charge on any atom is 0.338 e. The van der Waals surface area contributed by atoms with E-state index in [2.05, 4.69) is 6.92 Å². The Balaban J connectivity index is 2.60. The van der Waals surface area contributed by atoms with Gasteiger partial charge in [0, 0.05) is 5.56 Å². The van der Waals surface area contributed by atoms with Crippen molar-refractivity contribution in [2.75, 3.05) is 7.11 Å². The molecule has 0 atom stereocenters. The maximum absolute atomic E-state index is 12.0. The summed E-state index contributed by atoms with van der Waals surface area (Å²) in [4.78, 5) is 23.6. The number of aromatic carboxylic acids is 1. The van der Waals surface area contributed by atoms with Crippen molar-refractivity contribution in [3.05, 3.63) is 59.2 Å². The summed E-state index contributed by atoms with van der Waals surface area (Å²) in [5, 5.41) is 9.46. The van der Waals surface area contributed by atoms with E-state index in [9.17, 15) is 14.7 Å². The van der Waals surface area contributed by atoms with Crippen LogP contribution >= 0.6 is 0 Å². The molecule has 2 aromatic carbocycles. The van der Waals surface area contributed by atoms with Crippen LogP contribution in [0.2, 0.25) is 0 Å². The van der Waals surface area contributed by atoms with E-state index in [1.165, 1.54) is 13.2 Å². The molecule has 1 N–H and O–H groups in total. The minimum Gasteiger partial charge on any atom is -0.478 e. The Morgan fingerprint density at radius 1 is 1.09 bits per heavy atom. The van der Waals surface area contributed by atoms with Crippen molar-refractivity contribution < 1.29 is 19.4 Å². The lowest BCUT2D eigenvalue weighted by molar-refractivity contribution is 0.0601. The van der Waals surface area contributed by atoms with Crippen LogP contribution in [0.3, 0.4) is 0 Å². The highest BCUT2D eigenvalue weighted by Gasteiger charge is 2.20. The smallest absolute Gasteiger partial charge is 0.338 e. The van der Waals surface area contributed by atoms with E-state index in [4.69, 9.17) is 4.74 Å². The third-order valence-electron chi connectivity index (χ3n) is 3.73. The van der Waals surface area contributed by atoms with Gasteiger partial charge in [-0.1, -0.05) is 43.7 Å². The zero-order valence-corrected chi connectivity index (χ0v) is 13.3. The largest absolute Gasteiger partial charge is 0.478 e. The highest BCUT2D eigenvalue weighted by molar-refractivity contribution is 6.05. The molecule has 0 aliphatic carbocycles. The standard InChI is InChI=1S/C19H20O4/c1-3-4-7-13-8-5-9-14(12-13)17-15(18(20)21)10-6-11-16(17)19(22)23-2/h5-6,8-12H,3-4,7H2,1-2H3,(H,20,21). The lowest BCUT2D eigenvalue weighted by Gasteiger charge is -2.13. The third-order valence-corrected chi connectivity index (χ3v) is 3.73. The molecule has 4 heteroatoms. The van der Waals surface area contributed by atoms with Gasteiger partial charge in [0.1, 0.15) is 0 Å². The summed E-state index contributed by atoms with van der Waals surface area (Å²) in [6, 6.07) is 12.3. The van der Waals surface area contributed by atoms with Crippen molar-refractivity contribution in [2.24, 2.45) is 0 Å². The molecule has 0 fully saturated rings. The maximum atomic E-state index is 12.0. The van der Waals surface area contributed by atoms with E-state index in [1.807, 2.05) is 24.3 Å². The van der Waals surface area contributed by atoms with E-state index in [1.54, 1.807) is 12.1 Å². The lowest BCUT2D eigenvalue weighted by atomic mass is 9.92. The number of rotatable bonds is 6. The second-order valence-electron chi connectivity index (χ2n) is 5.33. The molecule has 2 rings (SSSR count). The lowest BCUT2D eigenvalue weighted by Crippen LogP contribution is -2.08. The Bertz CT molecular complexity index is 719. The molecule has 0 aliphatic heterocycles. The quantitative estimate of drug-likeness (QED) is 0.813. The number of hydrogen-bond acceptors (Lipinski definition) is 3. The van der Waals surface area contributed by atoms with E-state index >= 15 is 0 Å². The second kappa shape index (κ2) is 7.58. The van der Waals surface area contributed by atoms with Crippen LogP contribution in [0.5, 0.6) is 0 Å². The normalized spacial score (nSPS) is 10.3. The Labute approximate surface area is 135 Å². The first kappa shape index (κ1) is 16.7. The number of ether oxygens (including phenoxy) is 1. The van der Waals surface area contributed by atoms with Crippen LogP contribution in [0.1, 0.15) is 46.0 Å². The third kappa shape index (κ3) is 3.77. The van der Waals surface area contributed by atoms with Crippen LogP contribution in [0.25, 0.3) is 11.1 Å². The molecular weight excluding hydrogens is 292 g/mol. The molecule has 23 heavy (non-hydrogen) atoms. The first-order valence-corrected chi connectivity index (χ1v) is 7.62. The van der Waals surface area contributed by atoms with Gasteiger partial charge in [0.15, 0.2) is 0 Å². The molecule has 0 bridgehead atoms. The van der Waals surface area contributed by atoms with E-state index in [-0.39, 0.29) is 11.1 Å². The average Bonchev–Trinajstić information content (AvgIpc) is 2.58. The molecule has 0 heterocycles. The number of esters is 1. The van der Waals surface area contributed by atoms with Gasteiger partial charge in [0.25, 0.3) is 0 Å². The minimum absolute atomic E-state index is 0.0977. The van der Waals surface area contributed by atoms with Gasteiger partial charge in [-0.15, -0.1) is 0 Å². The molecule has 0 radical (unpaired) electrons. The van der Waals surface area contributed by atoms with E-state index in [0.717, 1.165) is 30.4 Å². The Morgan fingerprint density at radius 3 is 2.43 bits per heavy atom. The summed E-state index contributed by atoms with van der Waals surface area (Å²) >= 11 is 0. The van der Waals surface area contributed by atoms with Crippen molar-refractivity contribution in [1.29, 1.82) is 0 Å². The zero-order chi connectivity index (χ0) is 16.8. The van der Waals surface area contributed by atoms with Gasteiger partial charge in [0.05, 0.1) is 18.2 Å². The fourth-order valence-corrected chi connectivity index (χ4v) is 2.58. The first-order valence-electron chi connectivity index (χ1n) is 7.62. The molecule has 120 valence electrons. The Hall–Kier alpha value is -2.62. The molecule has 0 unspecified atom stereocenters. The molecule has 4 nitrogen and oxygen atoms in total. The Kier molecular flexibility index (Phi) is 5.52. The molecule has 0 saturated heterocycles. The predicted octanol–water partition coefficient (Wildman–Crippen LogP) is 4.18. The summed E-state index contributed by atoms with van der Waals surface area (Å²) in [5.74, 6) is -1.60. The topological polar surface area (TPSA) is 63.6 Å². The number of hydrogen-bond donors (Lipinski definition) is 1. The van der Waals surface area contributed by atoms with Crippen molar-refractivity contribution in [2.45, 2.75) is 26.2 Å². The number of carboxylic acid groups (broad SMARTS) is 1. The second-order valence-corrected chi connectivity index (χ2v) is 5.33. The minimum atomic E-state index is -1.07. The number of carboxylic acids is 1. The summed E-state index contributed by atoms with van der Waals surface area (Å²) in [7, 11) is 1.29. The molecular formula is C19H20O4. The predicted molar refractivity (Wildman–Crippen MR) is 88.8 cm³/mol. The van der Waals surface area contributed by atoms with Crippen LogP contribution in [-0.2, 0) is 11.2 Å². The monoisotopic (exact) mass is 312 g/mol. The average molecular weight is 312 g/mol. The van der Waals surface area contributed by atoms with Gasteiger partial charge < -0.3 is 9.84 Å². The molecule has 0 spiro atoms. The van der Waals surface area contributed by atoms with Crippen LogP contribution in [0.15, 0.2) is 42.5 Å². The van der Waals surface area contributed by atoms with Crippen LogP contribution < -0.4 is 0 Å². The number of carbonyl (C=O) groups excluding carboxylic acids is 1. The summed E-state index contributed by atoms with van der Waals surface area (Å²) in [6.45, 7) is 2.12. The van der Waals surface area contributed by atoms with Crippen molar-refractivity contribution in [1.82, 2.24) is 0 Å². The van der Waals surface area contributed by atoms with Gasteiger partial charge in [-0.2, -0.15) is 0 Å². The molecule has 0 aliphatic rings. The molecule has 0 saturated carbocycles. The van der Waals surface area contributed by atoms with Crippen molar-refractivity contribution in [3.8, 4) is 11.1 Å². The van der Waals surface area contributed by atoms with Gasteiger partial charge in [-0.3, -0.25) is 0 Å². The highest BCUT2D eigenvalue weighted by Crippen LogP contribution is 2.29. The zero-order valence-electron chi connectivity index (χ0n) is 13.3. The summed E-state index contributed by atoms with van der Waals surface area (Å²) in [6.07, 6.45) is 3.07. The molecule has 0 amide bonds. The van der Waals surface area contributed by atoms with Gasteiger partial charge >= 0.3 is 11.9 Å². The summed E-state index contributed by atoms with van der Waals surface area (Å²) < 4.78 is 4.80. The molecule has 0 aromatic heterocycles. The van der Waals surface area contributed by atoms with E-state index < -0.39 is 11.9 Å². The first-order chi connectivity index (χ1) is 11.1. The number of carbonyl (C=O) groups is 2. The fourth-order valence-electron chi connectivity index (χ4n) is 2.58. The van der Waals surface area contributed by atoms with Crippen LogP contribution in [-0.4, -0.2) is 24.2 Å². The van der Waals surface area contributed by atoms with Crippen LogP contribution in [0.4, 0.5) is 0 Å².